The molecular formula is C15H15NO4. The normalized spacial score (nSPS) is 25.7. The Labute approximate surface area is 116 Å². The molecule has 0 saturated heterocycles. The monoisotopic (exact) mass is 273 g/mol. The Bertz CT molecular complexity index is 595. The maximum atomic E-state index is 12.4. The topological polar surface area (TPSA) is 74.7 Å². The van der Waals surface area contributed by atoms with Gasteiger partial charge in [-0.1, -0.05) is 18.2 Å². The quantitative estimate of drug-likeness (QED) is 0.828. The van der Waals surface area contributed by atoms with Crippen molar-refractivity contribution in [1.29, 1.82) is 0 Å². The molecule has 3 rings (SSSR count). The van der Waals surface area contributed by atoms with Gasteiger partial charge in [-0.15, -0.1) is 0 Å². The average molecular weight is 273 g/mol. The molecule has 104 valence electrons. The van der Waals surface area contributed by atoms with E-state index >= 15 is 0 Å². The average Bonchev–Trinajstić information content (AvgIpc) is 2.88. The maximum Gasteiger partial charge on any atom is 0.306 e. The highest BCUT2D eigenvalue weighted by Crippen LogP contribution is 2.33. The van der Waals surface area contributed by atoms with E-state index in [1.165, 1.54) is 4.90 Å². The van der Waals surface area contributed by atoms with E-state index in [-0.39, 0.29) is 24.3 Å². The lowest BCUT2D eigenvalue weighted by atomic mass is 9.96. The first-order valence-corrected chi connectivity index (χ1v) is 6.75. The van der Waals surface area contributed by atoms with Crippen molar-refractivity contribution in [2.75, 3.05) is 0 Å². The van der Waals surface area contributed by atoms with E-state index in [2.05, 4.69) is 0 Å². The van der Waals surface area contributed by atoms with Crippen LogP contribution in [0, 0.1) is 5.92 Å². The molecule has 0 radical (unpaired) electrons. The number of carboxylic acid groups (broad SMARTS) is 1. The van der Waals surface area contributed by atoms with Crippen molar-refractivity contribution < 1.29 is 19.5 Å². The lowest BCUT2D eigenvalue weighted by Crippen LogP contribution is -2.47. The zero-order valence-electron chi connectivity index (χ0n) is 10.9. The van der Waals surface area contributed by atoms with Crippen LogP contribution in [0.4, 0.5) is 0 Å². The van der Waals surface area contributed by atoms with Crippen LogP contribution in [0.25, 0.3) is 0 Å². The third-order valence-electron chi connectivity index (χ3n) is 4.20. The van der Waals surface area contributed by atoms with Gasteiger partial charge in [-0.3, -0.25) is 19.3 Å². The third-order valence-corrected chi connectivity index (χ3v) is 4.20. The first-order chi connectivity index (χ1) is 9.58. The Morgan fingerprint density at radius 2 is 1.95 bits per heavy atom. The van der Waals surface area contributed by atoms with Crippen LogP contribution in [0.5, 0.6) is 0 Å². The molecule has 1 heterocycles. The van der Waals surface area contributed by atoms with Crippen LogP contribution in [-0.4, -0.2) is 33.8 Å². The highest BCUT2D eigenvalue weighted by Gasteiger charge is 2.40. The molecule has 1 fully saturated rings. The zero-order chi connectivity index (χ0) is 14.3. The summed E-state index contributed by atoms with van der Waals surface area (Å²) in [5.41, 5.74) is 1.32. The largest absolute Gasteiger partial charge is 0.481 e. The number of carbonyl (C=O) groups excluding carboxylic acids is 2. The molecule has 5 heteroatoms. The van der Waals surface area contributed by atoms with Gasteiger partial charge in [0.2, 0.25) is 5.91 Å². The first-order valence-electron chi connectivity index (χ1n) is 6.75. The van der Waals surface area contributed by atoms with Gasteiger partial charge in [-0.2, -0.15) is 0 Å². The van der Waals surface area contributed by atoms with Crippen LogP contribution in [0.2, 0.25) is 0 Å². The Hall–Kier alpha value is -2.17. The summed E-state index contributed by atoms with van der Waals surface area (Å²) in [6, 6.07) is 6.83. The molecule has 0 spiro atoms. The minimum Gasteiger partial charge on any atom is -0.481 e. The van der Waals surface area contributed by atoms with E-state index in [0.29, 0.717) is 24.8 Å². The van der Waals surface area contributed by atoms with E-state index in [0.717, 1.165) is 5.56 Å². The number of hydrogen-bond acceptors (Lipinski definition) is 3. The van der Waals surface area contributed by atoms with Gasteiger partial charge in [0.15, 0.2) is 0 Å². The van der Waals surface area contributed by atoms with E-state index in [1.54, 1.807) is 18.2 Å². The maximum absolute atomic E-state index is 12.4. The Morgan fingerprint density at radius 3 is 2.65 bits per heavy atom. The number of hydrogen-bond donors (Lipinski definition) is 1. The lowest BCUT2D eigenvalue weighted by Gasteiger charge is -2.31. The predicted octanol–water partition coefficient (Wildman–Crippen LogP) is 1.46. The molecule has 1 aliphatic carbocycles. The number of carboxylic acids is 1. The van der Waals surface area contributed by atoms with Crippen LogP contribution < -0.4 is 0 Å². The predicted molar refractivity (Wildman–Crippen MR) is 70.1 cm³/mol. The van der Waals surface area contributed by atoms with E-state index in [4.69, 9.17) is 5.11 Å². The number of benzene rings is 1. The molecule has 5 nitrogen and oxygen atoms in total. The lowest BCUT2D eigenvalue weighted by molar-refractivity contribution is -0.142. The van der Waals surface area contributed by atoms with Crippen molar-refractivity contribution in [3.63, 3.8) is 0 Å². The molecule has 2 atom stereocenters. The zero-order valence-corrected chi connectivity index (χ0v) is 10.9. The summed E-state index contributed by atoms with van der Waals surface area (Å²) in [7, 11) is 0. The molecule has 1 N–H and O–H groups in total. The first kappa shape index (κ1) is 12.8. The van der Waals surface area contributed by atoms with Crippen LogP contribution in [-0.2, 0) is 16.0 Å². The molecule has 1 aromatic carbocycles. The fourth-order valence-corrected chi connectivity index (χ4v) is 3.16. The molecular weight excluding hydrogens is 258 g/mol. The van der Waals surface area contributed by atoms with Gasteiger partial charge in [0.25, 0.3) is 5.91 Å². The number of carbonyl (C=O) groups is 3. The molecule has 20 heavy (non-hydrogen) atoms. The number of fused-ring (bicyclic) bond motifs is 1. The summed E-state index contributed by atoms with van der Waals surface area (Å²) in [6.07, 6.45) is 1.69. The standard InChI is InChI=1S/C15H15NO4/c17-13-8-9-3-1-2-4-12(9)14(18)16(13)11-6-5-10(7-11)15(19)20/h1-4,10-11H,5-8H2,(H,19,20)/t10-,11+/m1/s1. The number of imide groups is 1. The molecule has 2 amide bonds. The van der Waals surface area contributed by atoms with Gasteiger partial charge in [0.1, 0.15) is 0 Å². The van der Waals surface area contributed by atoms with Gasteiger partial charge in [-0.25, -0.2) is 0 Å². The van der Waals surface area contributed by atoms with Gasteiger partial charge in [0, 0.05) is 11.6 Å². The summed E-state index contributed by atoms with van der Waals surface area (Å²) < 4.78 is 0. The second-order valence-electron chi connectivity index (χ2n) is 5.40. The van der Waals surface area contributed by atoms with Crippen LogP contribution in [0.1, 0.15) is 35.2 Å². The number of amides is 2. The SMILES string of the molecule is O=C(O)[C@@H]1CC[C@H](N2C(=O)Cc3ccccc3C2=O)C1. The second-order valence-corrected chi connectivity index (χ2v) is 5.40. The Balaban J connectivity index is 1.87. The van der Waals surface area contributed by atoms with Crippen molar-refractivity contribution >= 4 is 17.8 Å². The Kier molecular flexibility index (Phi) is 3.04. The van der Waals surface area contributed by atoms with Crippen LogP contribution in [0.3, 0.4) is 0 Å². The number of aliphatic carboxylic acids is 1. The van der Waals surface area contributed by atoms with E-state index < -0.39 is 11.9 Å². The minimum absolute atomic E-state index is 0.218. The van der Waals surface area contributed by atoms with Gasteiger partial charge in [0.05, 0.1) is 12.3 Å². The van der Waals surface area contributed by atoms with Crippen LogP contribution >= 0.6 is 0 Å². The smallest absolute Gasteiger partial charge is 0.306 e. The highest BCUT2D eigenvalue weighted by molar-refractivity contribution is 6.10. The summed E-state index contributed by atoms with van der Waals surface area (Å²) in [6.45, 7) is 0. The molecule has 0 bridgehead atoms. The fraction of sp³-hybridized carbons (Fsp3) is 0.400. The molecule has 0 aromatic heterocycles. The Morgan fingerprint density at radius 1 is 1.20 bits per heavy atom. The van der Waals surface area contributed by atoms with E-state index in [9.17, 15) is 14.4 Å². The fourth-order valence-electron chi connectivity index (χ4n) is 3.16. The van der Waals surface area contributed by atoms with Crippen molar-refractivity contribution in [2.24, 2.45) is 5.92 Å². The number of nitrogens with zero attached hydrogens (tertiary/aromatic N) is 1. The van der Waals surface area contributed by atoms with E-state index in [1.807, 2.05) is 6.07 Å². The summed E-state index contributed by atoms with van der Waals surface area (Å²) in [5.74, 6) is -1.79. The molecule has 0 unspecified atom stereocenters. The van der Waals surface area contributed by atoms with Gasteiger partial charge >= 0.3 is 5.97 Å². The van der Waals surface area contributed by atoms with Crippen molar-refractivity contribution in [2.45, 2.75) is 31.7 Å². The summed E-state index contributed by atoms with van der Waals surface area (Å²) in [4.78, 5) is 36.9. The van der Waals surface area contributed by atoms with Crippen molar-refractivity contribution in [3.05, 3.63) is 35.4 Å². The molecule has 1 saturated carbocycles. The highest BCUT2D eigenvalue weighted by atomic mass is 16.4. The summed E-state index contributed by atoms with van der Waals surface area (Å²) >= 11 is 0. The van der Waals surface area contributed by atoms with Gasteiger partial charge < -0.3 is 5.11 Å². The minimum atomic E-state index is -0.843. The number of rotatable bonds is 2. The van der Waals surface area contributed by atoms with Crippen molar-refractivity contribution in [1.82, 2.24) is 4.90 Å². The molecule has 1 aliphatic heterocycles. The molecule has 2 aliphatic rings. The second kappa shape index (κ2) is 4.74. The van der Waals surface area contributed by atoms with Crippen LogP contribution in [0.15, 0.2) is 24.3 Å². The van der Waals surface area contributed by atoms with Gasteiger partial charge in [-0.05, 0) is 30.9 Å². The summed E-state index contributed by atoms with van der Waals surface area (Å²) in [5, 5.41) is 9.03. The molecule has 1 aromatic rings. The third kappa shape index (κ3) is 1.99. The van der Waals surface area contributed by atoms with Crippen molar-refractivity contribution in [3.8, 4) is 0 Å².